The van der Waals surface area contributed by atoms with Gasteiger partial charge < -0.3 is 0 Å². The number of alkyl halides is 1. The molecule has 68 valence electrons. The average Bonchev–Trinajstić information content (AvgIpc) is 2.67. The summed E-state index contributed by atoms with van der Waals surface area (Å²) in [4.78, 5) is 2.14. The molecule has 1 heterocycles. The first-order valence-corrected chi connectivity index (χ1v) is 7.03. The summed E-state index contributed by atoms with van der Waals surface area (Å²) in [6.07, 6.45) is 0. The molecule has 1 aromatic heterocycles. The summed E-state index contributed by atoms with van der Waals surface area (Å²) in [6.45, 7) is 0. The third-order valence-electron chi connectivity index (χ3n) is 1.67. The molecule has 0 N–H and O–H groups in total. The molecule has 13 heavy (non-hydrogen) atoms. The average molecular weight is 287 g/mol. The van der Waals surface area contributed by atoms with E-state index in [1.165, 1.54) is 0 Å². The summed E-state index contributed by atoms with van der Waals surface area (Å²) in [5, 5.41) is 7.77. The van der Waals surface area contributed by atoms with Gasteiger partial charge in [-0.1, -0.05) is 0 Å². The molecule has 1 aromatic carbocycles. The van der Waals surface area contributed by atoms with Gasteiger partial charge in [-0.3, -0.25) is 0 Å². The second-order valence-electron chi connectivity index (χ2n) is 2.46. The molecule has 0 amide bonds. The summed E-state index contributed by atoms with van der Waals surface area (Å²) < 4.78 is 5.74. The zero-order valence-electron chi connectivity index (χ0n) is 7.07. The molecule has 0 saturated carbocycles. The minimum absolute atomic E-state index is 0.0679. The fourth-order valence-electron chi connectivity index (χ4n) is 1.07. The number of halogens is 1. The Kier molecular flexibility index (Phi) is 2.58. The van der Waals surface area contributed by atoms with Crippen LogP contribution in [0.25, 0.3) is 11.3 Å². The van der Waals surface area contributed by atoms with Crippen molar-refractivity contribution < 1.29 is 25.8 Å². The van der Waals surface area contributed by atoms with Gasteiger partial charge >= 0.3 is 86.4 Å². The van der Waals surface area contributed by atoms with Crippen LogP contribution < -0.4 is 21.2 Å². The van der Waals surface area contributed by atoms with E-state index < -0.39 is 0 Å². The molecular formula is C9H8IN2O-. The predicted octanol–water partition coefficient (Wildman–Crippen LogP) is -1.37. The summed E-state index contributed by atoms with van der Waals surface area (Å²) in [5.74, 6) is 0. The van der Waals surface area contributed by atoms with Crippen LogP contribution >= 0.6 is 0 Å². The molecule has 0 aliphatic rings. The second kappa shape index (κ2) is 3.87. The summed E-state index contributed by atoms with van der Waals surface area (Å²) in [5.41, 5.74) is 1.98. The third kappa shape index (κ3) is 1.72. The topological polar surface area (TPSA) is 38.9 Å². The van der Waals surface area contributed by atoms with E-state index in [0.29, 0.717) is 0 Å². The predicted molar refractivity (Wildman–Crippen MR) is 44.4 cm³/mol. The first-order chi connectivity index (χ1) is 6.42. The van der Waals surface area contributed by atoms with Crippen LogP contribution in [0.4, 0.5) is 0 Å². The van der Waals surface area contributed by atoms with Gasteiger partial charge in [0.2, 0.25) is 0 Å². The number of benzene rings is 1. The molecule has 0 spiro atoms. The Balaban J connectivity index is 2.47. The molecule has 0 atom stereocenters. The van der Waals surface area contributed by atoms with Gasteiger partial charge in [-0.2, -0.15) is 0 Å². The van der Waals surface area contributed by atoms with Crippen LogP contribution in [-0.2, 0) is 0 Å². The van der Waals surface area contributed by atoms with Gasteiger partial charge in [0, 0.05) is 0 Å². The van der Waals surface area contributed by atoms with Gasteiger partial charge in [0.1, 0.15) is 0 Å². The van der Waals surface area contributed by atoms with Crippen molar-refractivity contribution in [3.63, 3.8) is 0 Å². The molecule has 3 nitrogen and oxygen atoms in total. The van der Waals surface area contributed by atoms with E-state index in [0.717, 1.165) is 15.0 Å². The first kappa shape index (κ1) is 8.68. The Morgan fingerprint density at radius 2 is 1.92 bits per heavy atom. The zero-order valence-corrected chi connectivity index (χ0v) is 9.22. The second-order valence-corrected chi connectivity index (χ2v) is 4.56. The van der Waals surface area contributed by atoms with Crippen molar-refractivity contribution in [2.75, 3.05) is 4.93 Å². The molecule has 0 bridgehead atoms. The van der Waals surface area contributed by atoms with E-state index in [1.807, 2.05) is 30.3 Å². The molecule has 2 aromatic rings. The Morgan fingerprint density at radius 3 is 2.62 bits per heavy atom. The Bertz CT molecular complexity index is 386. The van der Waals surface area contributed by atoms with Gasteiger partial charge in [0.05, 0.1) is 0 Å². The van der Waals surface area contributed by atoms with Crippen LogP contribution in [0.3, 0.4) is 0 Å². The van der Waals surface area contributed by atoms with Crippen LogP contribution in [0, 0.1) is 3.70 Å². The van der Waals surface area contributed by atoms with Gasteiger partial charge in [0.15, 0.2) is 0 Å². The van der Waals surface area contributed by atoms with Crippen LogP contribution in [0.15, 0.2) is 35.0 Å². The number of hydrogen-bond acceptors (Lipinski definition) is 3. The van der Waals surface area contributed by atoms with Gasteiger partial charge in [-0.05, 0) is 0 Å². The van der Waals surface area contributed by atoms with E-state index >= 15 is 0 Å². The van der Waals surface area contributed by atoms with E-state index in [4.69, 9.17) is 4.63 Å². The maximum atomic E-state index is 4.72. The Labute approximate surface area is 86.4 Å². The fraction of sp³-hybridized carbons (Fsp3) is 0.111. The molecule has 0 unspecified atom stereocenters. The maximum absolute atomic E-state index is 4.72. The van der Waals surface area contributed by atoms with Crippen LogP contribution in [0.2, 0.25) is 0 Å². The van der Waals surface area contributed by atoms with E-state index in [-0.39, 0.29) is 21.2 Å². The molecule has 0 aliphatic heterocycles. The van der Waals surface area contributed by atoms with Crippen molar-refractivity contribution in [3.8, 4) is 11.3 Å². The molecule has 2 rings (SSSR count). The Hall–Kier alpha value is -0.910. The number of hydrogen-bond donors (Lipinski definition) is 0. The van der Waals surface area contributed by atoms with Gasteiger partial charge in [-0.25, -0.2) is 0 Å². The number of nitrogens with zero attached hydrogens (tertiary/aromatic N) is 2. The summed E-state index contributed by atoms with van der Waals surface area (Å²) >= 11 is -0.0679. The van der Waals surface area contributed by atoms with Crippen molar-refractivity contribution in [3.05, 3.63) is 34.0 Å². The number of rotatable bonds is 2. The van der Waals surface area contributed by atoms with E-state index in [2.05, 4.69) is 15.2 Å². The molecule has 0 fully saturated rings. The van der Waals surface area contributed by atoms with Gasteiger partial charge in [-0.15, -0.1) is 0 Å². The van der Waals surface area contributed by atoms with Crippen molar-refractivity contribution in [1.82, 2.24) is 10.3 Å². The standard InChI is InChI=1S/C9H8IN2O/c1-10-9-8(11-13-12-9)7-5-3-2-4-6-7/h2-6H,1H3/q-1. The van der Waals surface area contributed by atoms with E-state index in [1.54, 1.807) is 0 Å². The van der Waals surface area contributed by atoms with Crippen LogP contribution in [0.5, 0.6) is 0 Å². The van der Waals surface area contributed by atoms with E-state index in [9.17, 15) is 0 Å². The Morgan fingerprint density at radius 1 is 1.15 bits per heavy atom. The van der Waals surface area contributed by atoms with Crippen molar-refractivity contribution in [2.24, 2.45) is 0 Å². The minimum atomic E-state index is -0.0679. The molecule has 0 aliphatic carbocycles. The first-order valence-electron chi connectivity index (χ1n) is 3.79. The van der Waals surface area contributed by atoms with Crippen LogP contribution in [0.1, 0.15) is 0 Å². The zero-order chi connectivity index (χ0) is 9.10. The van der Waals surface area contributed by atoms with Crippen molar-refractivity contribution in [1.29, 1.82) is 0 Å². The molecule has 4 heteroatoms. The van der Waals surface area contributed by atoms with Gasteiger partial charge in [0.25, 0.3) is 0 Å². The molecular weight excluding hydrogens is 279 g/mol. The SMILES string of the molecule is C[I-]c1nonc1-c1ccccc1. The summed E-state index contributed by atoms with van der Waals surface area (Å²) in [7, 11) is 0. The molecule has 0 radical (unpaired) electrons. The van der Waals surface area contributed by atoms with Crippen molar-refractivity contribution in [2.45, 2.75) is 0 Å². The summed E-state index contributed by atoms with van der Waals surface area (Å²) in [6, 6.07) is 9.99. The quantitative estimate of drug-likeness (QED) is 0.505. The van der Waals surface area contributed by atoms with Crippen molar-refractivity contribution >= 4 is 0 Å². The molecule has 0 saturated heterocycles. The fourth-order valence-corrected chi connectivity index (χ4v) is 2.28. The third-order valence-corrected chi connectivity index (χ3v) is 3.40. The monoisotopic (exact) mass is 287 g/mol. The van der Waals surface area contributed by atoms with Crippen LogP contribution in [-0.4, -0.2) is 15.2 Å². The number of aromatic nitrogens is 2. The normalized spacial score (nSPS) is 10.5.